The smallest absolute Gasteiger partial charge is 0.264 e. The summed E-state index contributed by atoms with van der Waals surface area (Å²) in [6.45, 7) is 2.48. The first-order valence-corrected chi connectivity index (χ1v) is 10.7. The van der Waals surface area contributed by atoms with Gasteiger partial charge in [-0.3, -0.25) is 9.59 Å². The first-order chi connectivity index (χ1) is 12.2. The molecule has 6 heteroatoms. The van der Waals surface area contributed by atoms with E-state index in [0.29, 0.717) is 26.2 Å². The third-order valence-electron chi connectivity index (χ3n) is 5.04. The molecular formula is C19H22N2O2S2. The van der Waals surface area contributed by atoms with E-state index in [2.05, 4.69) is 6.07 Å². The van der Waals surface area contributed by atoms with Gasteiger partial charge in [-0.25, -0.2) is 0 Å². The molecule has 2 aromatic heterocycles. The summed E-state index contributed by atoms with van der Waals surface area (Å²) in [5, 5.41) is 1.92. The summed E-state index contributed by atoms with van der Waals surface area (Å²) < 4.78 is 0. The molecule has 0 radical (unpaired) electrons. The fourth-order valence-corrected chi connectivity index (χ4v) is 5.51. The quantitative estimate of drug-likeness (QED) is 0.753. The second-order valence-corrected chi connectivity index (χ2v) is 8.77. The maximum absolute atomic E-state index is 12.8. The number of fused-ring (bicyclic) bond motifs is 1. The molecule has 2 aliphatic rings. The highest BCUT2D eigenvalue weighted by molar-refractivity contribution is 7.14. The zero-order chi connectivity index (χ0) is 17.2. The van der Waals surface area contributed by atoms with Crippen molar-refractivity contribution in [2.45, 2.75) is 32.1 Å². The van der Waals surface area contributed by atoms with Crippen molar-refractivity contribution in [3.63, 3.8) is 0 Å². The lowest BCUT2D eigenvalue weighted by Crippen LogP contribution is -2.50. The lowest BCUT2D eigenvalue weighted by molar-refractivity contribution is 0.0540. The third kappa shape index (κ3) is 3.51. The molecule has 4 rings (SSSR count). The molecule has 0 aromatic carbocycles. The molecule has 1 aliphatic heterocycles. The predicted octanol–water partition coefficient (Wildman–Crippen LogP) is 3.68. The van der Waals surface area contributed by atoms with Crippen molar-refractivity contribution in [2.24, 2.45) is 0 Å². The van der Waals surface area contributed by atoms with Crippen molar-refractivity contribution in [2.75, 3.05) is 26.2 Å². The molecule has 0 saturated carbocycles. The minimum Gasteiger partial charge on any atom is -0.334 e. The van der Waals surface area contributed by atoms with E-state index in [1.54, 1.807) is 11.3 Å². The summed E-state index contributed by atoms with van der Waals surface area (Å²) >= 11 is 3.16. The fourth-order valence-electron chi connectivity index (χ4n) is 3.60. The monoisotopic (exact) mass is 374 g/mol. The Morgan fingerprint density at radius 1 is 0.880 bits per heavy atom. The first-order valence-electron chi connectivity index (χ1n) is 8.96. The van der Waals surface area contributed by atoms with Gasteiger partial charge in [-0.1, -0.05) is 12.5 Å². The molecule has 25 heavy (non-hydrogen) atoms. The number of aryl methyl sites for hydroxylation is 2. The topological polar surface area (TPSA) is 40.6 Å². The SMILES string of the molecule is O=C(c1cccs1)N1CCN(C(=O)c2cc3c(s2)CCCCC3)CC1. The molecule has 2 amide bonds. The Hall–Kier alpha value is -1.66. The Balaban J connectivity index is 1.39. The molecule has 1 fully saturated rings. The van der Waals surface area contributed by atoms with Crippen LogP contribution in [0.5, 0.6) is 0 Å². The van der Waals surface area contributed by atoms with Crippen LogP contribution in [0.4, 0.5) is 0 Å². The van der Waals surface area contributed by atoms with E-state index >= 15 is 0 Å². The molecule has 132 valence electrons. The maximum Gasteiger partial charge on any atom is 0.264 e. The Morgan fingerprint density at radius 2 is 1.56 bits per heavy atom. The Morgan fingerprint density at radius 3 is 2.24 bits per heavy atom. The van der Waals surface area contributed by atoms with Crippen LogP contribution < -0.4 is 0 Å². The van der Waals surface area contributed by atoms with Crippen LogP contribution in [0, 0.1) is 0 Å². The largest absolute Gasteiger partial charge is 0.334 e. The average molecular weight is 375 g/mol. The van der Waals surface area contributed by atoms with Crippen LogP contribution in [0.2, 0.25) is 0 Å². The van der Waals surface area contributed by atoms with E-state index in [0.717, 1.165) is 22.6 Å². The van der Waals surface area contributed by atoms with Crippen molar-refractivity contribution in [3.05, 3.63) is 43.8 Å². The van der Waals surface area contributed by atoms with Crippen LogP contribution >= 0.6 is 22.7 Å². The lowest BCUT2D eigenvalue weighted by atomic mass is 10.1. The lowest BCUT2D eigenvalue weighted by Gasteiger charge is -2.34. The van der Waals surface area contributed by atoms with Crippen molar-refractivity contribution < 1.29 is 9.59 Å². The predicted molar refractivity (Wildman–Crippen MR) is 102 cm³/mol. The molecule has 0 unspecified atom stereocenters. The molecule has 3 heterocycles. The van der Waals surface area contributed by atoms with Crippen LogP contribution in [0.3, 0.4) is 0 Å². The Bertz CT molecular complexity index is 735. The van der Waals surface area contributed by atoms with Gasteiger partial charge in [0.25, 0.3) is 11.8 Å². The number of rotatable bonds is 2. The van der Waals surface area contributed by atoms with Crippen LogP contribution in [0.15, 0.2) is 23.6 Å². The summed E-state index contributed by atoms with van der Waals surface area (Å²) in [5.41, 5.74) is 1.39. The van der Waals surface area contributed by atoms with Crippen molar-refractivity contribution >= 4 is 34.5 Å². The summed E-state index contributed by atoms with van der Waals surface area (Å²) in [6, 6.07) is 5.89. The summed E-state index contributed by atoms with van der Waals surface area (Å²) in [5.74, 6) is 0.228. The van der Waals surface area contributed by atoms with Gasteiger partial charge in [0.05, 0.1) is 9.75 Å². The van der Waals surface area contributed by atoms with E-state index in [-0.39, 0.29) is 11.8 Å². The summed E-state index contributed by atoms with van der Waals surface area (Å²) in [6.07, 6.45) is 6.01. The minimum atomic E-state index is 0.0879. The Labute approximate surface area is 156 Å². The highest BCUT2D eigenvalue weighted by Gasteiger charge is 2.27. The van der Waals surface area contributed by atoms with Crippen LogP contribution in [0.25, 0.3) is 0 Å². The standard InChI is InChI=1S/C19H22N2O2S2/c22-18(16-7-4-12-24-16)20-8-10-21(11-9-20)19(23)17-13-14-5-2-1-3-6-15(14)25-17/h4,7,12-13H,1-3,5-6,8-11H2. The van der Waals surface area contributed by atoms with Gasteiger partial charge in [-0.2, -0.15) is 0 Å². The summed E-state index contributed by atoms with van der Waals surface area (Å²) in [4.78, 5) is 32.1. The molecule has 0 N–H and O–H groups in total. The van der Waals surface area contributed by atoms with E-state index in [4.69, 9.17) is 0 Å². The maximum atomic E-state index is 12.8. The van der Waals surface area contributed by atoms with Gasteiger partial charge in [0, 0.05) is 31.1 Å². The number of nitrogens with zero attached hydrogens (tertiary/aromatic N) is 2. The fraction of sp³-hybridized carbons (Fsp3) is 0.474. The molecule has 0 atom stereocenters. The molecule has 1 saturated heterocycles. The normalized spacial score (nSPS) is 17.9. The van der Waals surface area contributed by atoms with E-state index < -0.39 is 0 Å². The molecule has 1 aliphatic carbocycles. The van der Waals surface area contributed by atoms with Gasteiger partial charge in [-0.15, -0.1) is 22.7 Å². The average Bonchev–Trinajstić information content (AvgIpc) is 3.27. The third-order valence-corrected chi connectivity index (χ3v) is 7.13. The molecule has 0 bridgehead atoms. The second-order valence-electron chi connectivity index (χ2n) is 6.68. The molecule has 0 spiro atoms. The van der Waals surface area contributed by atoms with Gasteiger partial charge in [0.1, 0.15) is 0 Å². The van der Waals surface area contributed by atoms with Crippen LogP contribution in [0.1, 0.15) is 49.0 Å². The summed E-state index contributed by atoms with van der Waals surface area (Å²) in [7, 11) is 0. The van der Waals surface area contributed by atoms with E-state index in [1.807, 2.05) is 27.3 Å². The van der Waals surface area contributed by atoms with Gasteiger partial charge >= 0.3 is 0 Å². The number of amides is 2. The van der Waals surface area contributed by atoms with Gasteiger partial charge in [-0.05, 0) is 48.8 Å². The highest BCUT2D eigenvalue weighted by atomic mass is 32.1. The number of thiophene rings is 2. The highest BCUT2D eigenvalue weighted by Crippen LogP contribution is 2.30. The minimum absolute atomic E-state index is 0.0879. The molecule has 2 aromatic rings. The van der Waals surface area contributed by atoms with Crippen molar-refractivity contribution in [1.82, 2.24) is 9.80 Å². The van der Waals surface area contributed by atoms with Gasteiger partial charge in [0.15, 0.2) is 0 Å². The Kier molecular flexibility index (Phi) is 4.90. The number of hydrogen-bond donors (Lipinski definition) is 0. The number of carbonyl (C=O) groups excluding carboxylic acids is 2. The number of hydrogen-bond acceptors (Lipinski definition) is 4. The van der Waals surface area contributed by atoms with E-state index in [1.165, 1.54) is 41.0 Å². The first kappa shape index (κ1) is 16.8. The van der Waals surface area contributed by atoms with Crippen LogP contribution in [-0.4, -0.2) is 47.8 Å². The number of carbonyl (C=O) groups is 2. The van der Waals surface area contributed by atoms with Gasteiger partial charge in [0.2, 0.25) is 0 Å². The van der Waals surface area contributed by atoms with Crippen molar-refractivity contribution in [1.29, 1.82) is 0 Å². The van der Waals surface area contributed by atoms with Gasteiger partial charge < -0.3 is 9.80 Å². The zero-order valence-corrected chi connectivity index (χ0v) is 15.8. The van der Waals surface area contributed by atoms with Crippen LogP contribution in [-0.2, 0) is 12.8 Å². The van der Waals surface area contributed by atoms with Crippen molar-refractivity contribution in [3.8, 4) is 0 Å². The molecule has 4 nitrogen and oxygen atoms in total. The zero-order valence-electron chi connectivity index (χ0n) is 14.2. The van der Waals surface area contributed by atoms with E-state index in [9.17, 15) is 9.59 Å². The number of piperazine rings is 1. The molecular weight excluding hydrogens is 352 g/mol. The second kappa shape index (κ2) is 7.30.